The average molecular weight is 246 g/mol. The highest BCUT2D eigenvalue weighted by Gasteiger charge is 2.32. The second-order valence-electron chi connectivity index (χ2n) is 4.18. The lowest BCUT2D eigenvalue weighted by molar-refractivity contribution is -0.138. The lowest BCUT2D eigenvalue weighted by Gasteiger charge is -2.14. The Morgan fingerprint density at radius 2 is 1.88 bits per heavy atom. The van der Waals surface area contributed by atoms with Crippen LogP contribution in [0.3, 0.4) is 0 Å². The summed E-state index contributed by atoms with van der Waals surface area (Å²) >= 11 is 0. The van der Waals surface area contributed by atoms with Crippen LogP contribution in [0.1, 0.15) is 31.4 Å². The second kappa shape index (κ2) is 6.05. The van der Waals surface area contributed by atoms with E-state index in [1.807, 2.05) is 13.8 Å². The van der Waals surface area contributed by atoms with Crippen LogP contribution in [-0.4, -0.2) is 6.61 Å². The van der Waals surface area contributed by atoms with Crippen LogP contribution in [0.2, 0.25) is 0 Å². The van der Waals surface area contributed by atoms with E-state index in [4.69, 9.17) is 4.74 Å². The van der Waals surface area contributed by atoms with Crippen molar-refractivity contribution >= 4 is 0 Å². The number of halogens is 3. The van der Waals surface area contributed by atoms with Crippen LogP contribution in [0.5, 0.6) is 0 Å². The first-order chi connectivity index (χ1) is 7.95. The molecule has 1 atom stereocenters. The first kappa shape index (κ1) is 14.0. The van der Waals surface area contributed by atoms with E-state index in [0.717, 1.165) is 12.5 Å². The van der Waals surface area contributed by atoms with E-state index in [9.17, 15) is 13.2 Å². The van der Waals surface area contributed by atoms with Crippen LogP contribution < -0.4 is 0 Å². The predicted octanol–water partition coefficient (Wildman–Crippen LogP) is 4.27. The number of hydrogen-bond acceptors (Lipinski definition) is 1. The molecule has 0 aliphatic carbocycles. The van der Waals surface area contributed by atoms with Crippen LogP contribution in [0.4, 0.5) is 13.2 Å². The van der Waals surface area contributed by atoms with Crippen molar-refractivity contribution in [2.45, 2.75) is 33.1 Å². The minimum Gasteiger partial charge on any atom is -0.376 e. The van der Waals surface area contributed by atoms with Gasteiger partial charge in [-0.15, -0.1) is 0 Å². The fourth-order valence-corrected chi connectivity index (χ4v) is 1.41. The fraction of sp³-hybridized carbons (Fsp3) is 0.538. The van der Waals surface area contributed by atoms with Gasteiger partial charge in [-0.3, -0.25) is 0 Å². The standard InChI is InChI=1S/C13H17F3O/c1-3-10(2)8-17-9-11-6-4-5-7-12(11)13(14,15)16/h4-7,10H,3,8-9H2,1-2H3. The summed E-state index contributed by atoms with van der Waals surface area (Å²) in [6.45, 7) is 4.54. The van der Waals surface area contributed by atoms with Gasteiger partial charge in [-0.1, -0.05) is 38.5 Å². The molecule has 0 radical (unpaired) electrons. The van der Waals surface area contributed by atoms with Crippen molar-refractivity contribution in [3.05, 3.63) is 35.4 Å². The van der Waals surface area contributed by atoms with Crippen molar-refractivity contribution in [3.63, 3.8) is 0 Å². The summed E-state index contributed by atoms with van der Waals surface area (Å²) in [6, 6.07) is 5.53. The van der Waals surface area contributed by atoms with E-state index in [2.05, 4.69) is 0 Å². The summed E-state index contributed by atoms with van der Waals surface area (Å²) in [5.74, 6) is 0.369. The summed E-state index contributed by atoms with van der Waals surface area (Å²) < 4.78 is 43.2. The van der Waals surface area contributed by atoms with Crippen LogP contribution in [0.15, 0.2) is 24.3 Å². The molecule has 1 aromatic carbocycles. The lowest BCUT2D eigenvalue weighted by Crippen LogP contribution is -2.11. The van der Waals surface area contributed by atoms with Crippen LogP contribution in [-0.2, 0) is 17.5 Å². The maximum absolute atomic E-state index is 12.6. The Hall–Kier alpha value is -1.03. The third-order valence-electron chi connectivity index (χ3n) is 2.68. The molecule has 0 N–H and O–H groups in total. The highest BCUT2D eigenvalue weighted by Crippen LogP contribution is 2.32. The van der Waals surface area contributed by atoms with Crippen LogP contribution >= 0.6 is 0 Å². The van der Waals surface area contributed by atoms with Gasteiger partial charge in [0.05, 0.1) is 12.2 Å². The van der Waals surface area contributed by atoms with Crippen LogP contribution in [0, 0.1) is 5.92 Å². The van der Waals surface area contributed by atoms with Gasteiger partial charge in [-0.05, 0) is 17.5 Å². The molecule has 1 aromatic rings. The molecule has 0 saturated carbocycles. The van der Waals surface area contributed by atoms with Crippen molar-refractivity contribution in [1.82, 2.24) is 0 Å². The number of hydrogen-bond donors (Lipinski definition) is 0. The largest absolute Gasteiger partial charge is 0.416 e. The quantitative estimate of drug-likeness (QED) is 0.754. The zero-order valence-electron chi connectivity index (χ0n) is 10.1. The molecular weight excluding hydrogens is 229 g/mol. The van der Waals surface area contributed by atoms with Gasteiger partial charge in [0.2, 0.25) is 0 Å². The summed E-state index contributed by atoms with van der Waals surface area (Å²) in [5, 5.41) is 0. The number of rotatable bonds is 5. The zero-order valence-corrected chi connectivity index (χ0v) is 10.1. The molecule has 0 spiro atoms. The Kier molecular flexibility index (Phi) is 5.00. The summed E-state index contributed by atoms with van der Waals surface area (Å²) in [5.41, 5.74) is -0.410. The minimum absolute atomic E-state index is 0.0139. The van der Waals surface area contributed by atoms with Gasteiger partial charge in [0.25, 0.3) is 0 Å². The van der Waals surface area contributed by atoms with E-state index >= 15 is 0 Å². The highest BCUT2D eigenvalue weighted by atomic mass is 19.4. The van der Waals surface area contributed by atoms with Crippen molar-refractivity contribution in [2.24, 2.45) is 5.92 Å². The van der Waals surface area contributed by atoms with Crippen LogP contribution in [0.25, 0.3) is 0 Å². The average Bonchev–Trinajstić information content (AvgIpc) is 2.28. The Bertz CT molecular complexity index is 347. The molecule has 1 nitrogen and oxygen atoms in total. The molecule has 1 unspecified atom stereocenters. The molecule has 1 rings (SSSR count). The van der Waals surface area contributed by atoms with Gasteiger partial charge in [-0.25, -0.2) is 0 Å². The van der Waals surface area contributed by atoms with E-state index < -0.39 is 11.7 Å². The third-order valence-corrected chi connectivity index (χ3v) is 2.68. The number of benzene rings is 1. The van der Waals surface area contributed by atoms with E-state index in [-0.39, 0.29) is 12.2 Å². The van der Waals surface area contributed by atoms with Gasteiger partial charge in [0, 0.05) is 6.61 Å². The SMILES string of the molecule is CCC(C)COCc1ccccc1C(F)(F)F. The first-order valence-electron chi connectivity index (χ1n) is 5.68. The van der Waals surface area contributed by atoms with E-state index in [1.54, 1.807) is 6.07 Å². The smallest absolute Gasteiger partial charge is 0.376 e. The third kappa shape index (κ3) is 4.38. The first-order valence-corrected chi connectivity index (χ1v) is 5.68. The van der Waals surface area contributed by atoms with E-state index in [0.29, 0.717) is 12.5 Å². The maximum atomic E-state index is 12.6. The molecule has 0 fully saturated rings. The van der Waals surface area contributed by atoms with Gasteiger partial charge < -0.3 is 4.74 Å². The molecule has 0 bridgehead atoms. The molecule has 0 amide bonds. The van der Waals surface area contributed by atoms with Gasteiger partial charge in [0.15, 0.2) is 0 Å². The molecule has 0 heterocycles. The topological polar surface area (TPSA) is 9.23 Å². The Balaban J connectivity index is 2.65. The summed E-state index contributed by atoms with van der Waals surface area (Å²) in [4.78, 5) is 0. The van der Waals surface area contributed by atoms with Crippen molar-refractivity contribution in [3.8, 4) is 0 Å². The molecular formula is C13H17F3O. The molecule has 0 aromatic heterocycles. The summed E-state index contributed by atoms with van der Waals surface area (Å²) in [6.07, 6.45) is -3.35. The fourth-order valence-electron chi connectivity index (χ4n) is 1.41. The summed E-state index contributed by atoms with van der Waals surface area (Å²) in [7, 11) is 0. The van der Waals surface area contributed by atoms with Crippen molar-refractivity contribution in [2.75, 3.05) is 6.61 Å². The van der Waals surface area contributed by atoms with Gasteiger partial charge in [-0.2, -0.15) is 13.2 Å². The highest BCUT2D eigenvalue weighted by molar-refractivity contribution is 5.28. The normalized spacial score (nSPS) is 13.7. The molecule has 0 aliphatic rings. The van der Waals surface area contributed by atoms with E-state index in [1.165, 1.54) is 12.1 Å². The maximum Gasteiger partial charge on any atom is 0.416 e. The predicted molar refractivity (Wildman–Crippen MR) is 60.6 cm³/mol. The molecule has 96 valence electrons. The lowest BCUT2D eigenvalue weighted by atomic mass is 10.1. The number of ether oxygens (including phenoxy) is 1. The van der Waals surface area contributed by atoms with Crippen molar-refractivity contribution in [1.29, 1.82) is 0 Å². The Morgan fingerprint density at radius 3 is 2.47 bits per heavy atom. The zero-order chi connectivity index (χ0) is 12.9. The minimum atomic E-state index is -4.31. The Labute approximate surface area is 99.6 Å². The Morgan fingerprint density at radius 1 is 1.24 bits per heavy atom. The molecule has 17 heavy (non-hydrogen) atoms. The van der Waals surface area contributed by atoms with Crippen molar-refractivity contribution < 1.29 is 17.9 Å². The van der Waals surface area contributed by atoms with Gasteiger partial charge >= 0.3 is 6.18 Å². The second-order valence-corrected chi connectivity index (χ2v) is 4.18. The molecule has 0 saturated heterocycles. The molecule has 0 aliphatic heterocycles. The molecule has 4 heteroatoms. The monoisotopic (exact) mass is 246 g/mol. The van der Waals surface area contributed by atoms with Gasteiger partial charge in [0.1, 0.15) is 0 Å². The number of alkyl halides is 3.